The third-order valence-corrected chi connectivity index (χ3v) is 4.73. The maximum Gasteiger partial charge on any atom is 0.213 e. The van der Waals surface area contributed by atoms with Gasteiger partial charge >= 0.3 is 0 Å². The molecule has 0 aliphatic rings. The minimum Gasteiger partial charge on any atom is -0.493 e. The highest BCUT2D eigenvalue weighted by atomic mass is 35.5. The van der Waals surface area contributed by atoms with E-state index in [1.165, 1.54) is 0 Å². The van der Waals surface area contributed by atoms with Crippen molar-refractivity contribution in [2.75, 3.05) is 20.3 Å². The van der Waals surface area contributed by atoms with Crippen LogP contribution in [0.5, 0.6) is 17.4 Å². The monoisotopic (exact) mass is 432 g/mol. The Morgan fingerprint density at radius 1 is 0.966 bits per heavy atom. The number of nitrogens with zero attached hydrogens (tertiary/aromatic N) is 1. The van der Waals surface area contributed by atoms with E-state index < -0.39 is 0 Å². The van der Waals surface area contributed by atoms with E-state index in [1.54, 1.807) is 19.4 Å². The maximum atomic E-state index is 6.44. The molecule has 0 saturated heterocycles. The van der Waals surface area contributed by atoms with Crippen LogP contribution in [0.1, 0.15) is 11.1 Å². The summed E-state index contributed by atoms with van der Waals surface area (Å²) < 4.78 is 16.9. The molecular weight excluding hydrogens is 411 g/mol. The molecule has 3 aromatic rings. The summed E-state index contributed by atoms with van der Waals surface area (Å²) in [6, 6.07) is 16.7. The van der Waals surface area contributed by atoms with Gasteiger partial charge in [-0.2, -0.15) is 0 Å². The normalized spacial score (nSPS) is 10.6. The number of rotatable bonds is 10. The molecule has 0 unspecified atom stereocenters. The van der Waals surface area contributed by atoms with Gasteiger partial charge in [0.25, 0.3) is 0 Å². The van der Waals surface area contributed by atoms with Crippen LogP contribution in [0.15, 0.2) is 60.8 Å². The molecule has 0 aliphatic carbocycles. The third kappa shape index (κ3) is 6.53. The molecule has 0 amide bonds. The topological polar surface area (TPSA) is 52.6 Å². The van der Waals surface area contributed by atoms with Gasteiger partial charge in [0.15, 0.2) is 11.5 Å². The van der Waals surface area contributed by atoms with Gasteiger partial charge in [0, 0.05) is 41.5 Å². The lowest BCUT2D eigenvalue weighted by Crippen LogP contribution is -2.21. The Kier molecular flexibility index (Phi) is 7.99. The van der Waals surface area contributed by atoms with Gasteiger partial charge in [-0.25, -0.2) is 4.98 Å². The molecule has 0 atom stereocenters. The van der Waals surface area contributed by atoms with E-state index in [1.807, 2.05) is 48.5 Å². The summed E-state index contributed by atoms with van der Waals surface area (Å²) in [5, 5.41) is 4.60. The molecule has 1 aromatic heterocycles. The van der Waals surface area contributed by atoms with Crippen LogP contribution in [-0.4, -0.2) is 25.2 Å². The number of benzene rings is 2. The summed E-state index contributed by atoms with van der Waals surface area (Å²) in [6.07, 6.45) is 1.70. The zero-order valence-electron chi connectivity index (χ0n) is 16.0. The van der Waals surface area contributed by atoms with Gasteiger partial charge in [-0.05, 0) is 35.4 Å². The van der Waals surface area contributed by atoms with Crippen molar-refractivity contribution < 1.29 is 14.2 Å². The molecule has 0 saturated carbocycles. The Morgan fingerprint density at radius 2 is 1.79 bits per heavy atom. The van der Waals surface area contributed by atoms with Crippen molar-refractivity contribution in [3.8, 4) is 17.4 Å². The summed E-state index contributed by atoms with van der Waals surface area (Å²) in [5.74, 6) is 1.83. The Labute approximate surface area is 180 Å². The second-order valence-corrected chi connectivity index (χ2v) is 7.05. The predicted octanol–water partition coefficient (Wildman–Crippen LogP) is 5.14. The predicted molar refractivity (Wildman–Crippen MR) is 115 cm³/mol. The van der Waals surface area contributed by atoms with Crippen molar-refractivity contribution in [2.45, 2.75) is 13.2 Å². The van der Waals surface area contributed by atoms with Gasteiger partial charge in [-0.15, -0.1) is 0 Å². The van der Waals surface area contributed by atoms with Gasteiger partial charge in [0.2, 0.25) is 5.88 Å². The lowest BCUT2D eigenvalue weighted by Gasteiger charge is -2.14. The lowest BCUT2D eigenvalue weighted by molar-refractivity contribution is 0.284. The Morgan fingerprint density at radius 3 is 2.52 bits per heavy atom. The van der Waals surface area contributed by atoms with Gasteiger partial charge in [-0.3, -0.25) is 0 Å². The highest BCUT2D eigenvalue weighted by Gasteiger charge is 2.11. The lowest BCUT2D eigenvalue weighted by atomic mass is 10.2. The highest BCUT2D eigenvalue weighted by molar-refractivity contribution is 6.31. The number of hydrogen-bond donors (Lipinski definition) is 1. The second-order valence-electron chi connectivity index (χ2n) is 6.20. The second kappa shape index (κ2) is 10.9. The summed E-state index contributed by atoms with van der Waals surface area (Å²) in [4.78, 5) is 4.12. The Hall–Kier alpha value is -2.47. The molecule has 0 spiro atoms. The van der Waals surface area contributed by atoms with Crippen molar-refractivity contribution >= 4 is 23.2 Å². The van der Waals surface area contributed by atoms with Gasteiger partial charge in [-0.1, -0.05) is 41.4 Å². The maximum absolute atomic E-state index is 6.44. The molecule has 0 radical (unpaired) electrons. The molecule has 1 N–H and O–H groups in total. The average molecular weight is 433 g/mol. The van der Waals surface area contributed by atoms with E-state index >= 15 is 0 Å². The fraction of sp³-hybridized carbons (Fsp3) is 0.227. The number of halogens is 2. The summed E-state index contributed by atoms with van der Waals surface area (Å²) in [7, 11) is 1.61. The summed E-state index contributed by atoms with van der Waals surface area (Å²) >= 11 is 12.3. The molecule has 1 heterocycles. The molecular formula is C22H22Cl2N2O3. The van der Waals surface area contributed by atoms with Crippen molar-refractivity contribution in [2.24, 2.45) is 0 Å². The smallest absolute Gasteiger partial charge is 0.213 e. The van der Waals surface area contributed by atoms with E-state index in [2.05, 4.69) is 10.3 Å². The summed E-state index contributed by atoms with van der Waals surface area (Å²) in [5.41, 5.74) is 1.92. The number of aromatic nitrogens is 1. The first-order valence-corrected chi connectivity index (χ1v) is 9.89. The fourth-order valence-corrected chi connectivity index (χ4v) is 2.96. The van der Waals surface area contributed by atoms with E-state index in [9.17, 15) is 0 Å². The molecule has 7 heteroatoms. The summed E-state index contributed by atoms with van der Waals surface area (Å²) in [6.45, 7) is 2.14. The first-order valence-electron chi connectivity index (χ1n) is 9.14. The minimum absolute atomic E-state index is 0.395. The SMILES string of the molecule is COc1cc(CNCCOc2ccccn2)c(Cl)cc1OCc1ccc(Cl)cc1. The van der Waals surface area contributed by atoms with Crippen LogP contribution in [0.2, 0.25) is 10.0 Å². The minimum atomic E-state index is 0.395. The Bertz CT molecular complexity index is 906. The Balaban J connectivity index is 1.52. The largest absolute Gasteiger partial charge is 0.493 e. The number of hydrogen-bond acceptors (Lipinski definition) is 5. The highest BCUT2D eigenvalue weighted by Crippen LogP contribution is 2.34. The third-order valence-electron chi connectivity index (χ3n) is 4.12. The molecule has 5 nitrogen and oxygen atoms in total. The molecule has 0 fully saturated rings. The van der Waals surface area contributed by atoms with E-state index in [-0.39, 0.29) is 0 Å². The first-order chi connectivity index (χ1) is 14.2. The van der Waals surface area contributed by atoms with E-state index in [4.69, 9.17) is 37.4 Å². The van der Waals surface area contributed by atoms with Crippen LogP contribution in [0.3, 0.4) is 0 Å². The van der Waals surface area contributed by atoms with Crippen LogP contribution in [-0.2, 0) is 13.2 Å². The quantitative estimate of drug-likeness (QED) is 0.449. The van der Waals surface area contributed by atoms with Gasteiger partial charge in [0.05, 0.1) is 7.11 Å². The average Bonchev–Trinajstić information content (AvgIpc) is 2.75. The van der Waals surface area contributed by atoms with E-state index in [0.29, 0.717) is 53.7 Å². The molecule has 29 heavy (non-hydrogen) atoms. The van der Waals surface area contributed by atoms with Crippen molar-refractivity contribution in [1.29, 1.82) is 0 Å². The zero-order chi connectivity index (χ0) is 20.5. The molecule has 3 rings (SSSR count). The fourth-order valence-electron chi connectivity index (χ4n) is 2.61. The van der Waals surface area contributed by atoms with Crippen molar-refractivity contribution in [3.63, 3.8) is 0 Å². The standard InChI is InChI=1S/C22H22Cl2N2O3/c1-27-20-12-17(14-25-10-11-28-22-4-2-3-9-26-22)19(24)13-21(20)29-15-16-5-7-18(23)8-6-16/h2-9,12-13,25H,10-11,14-15H2,1H3. The molecule has 2 aromatic carbocycles. The number of pyridine rings is 1. The number of methoxy groups -OCH3 is 1. The zero-order valence-corrected chi connectivity index (χ0v) is 17.5. The molecule has 152 valence electrons. The van der Waals surface area contributed by atoms with E-state index in [0.717, 1.165) is 11.1 Å². The van der Waals surface area contributed by atoms with Gasteiger partial charge < -0.3 is 19.5 Å². The van der Waals surface area contributed by atoms with Gasteiger partial charge in [0.1, 0.15) is 13.2 Å². The van der Waals surface area contributed by atoms with Crippen LogP contribution in [0.25, 0.3) is 0 Å². The van der Waals surface area contributed by atoms with Crippen LogP contribution >= 0.6 is 23.2 Å². The van der Waals surface area contributed by atoms with Crippen molar-refractivity contribution in [1.82, 2.24) is 10.3 Å². The molecule has 0 bridgehead atoms. The van der Waals surface area contributed by atoms with Crippen molar-refractivity contribution in [3.05, 3.63) is 82.0 Å². The number of ether oxygens (including phenoxy) is 3. The first kappa shape index (κ1) is 21.2. The van der Waals surface area contributed by atoms with Crippen LogP contribution in [0, 0.1) is 0 Å². The van der Waals surface area contributed by atoms with Crippen LogP contribution in [0.4, 0.5) is 0 Å². The molecule has 0 aliphatic heterocycles. The van der Waals surface area contributed by atoms with Crippen LogP contribution < -0.4 is 19.5 Å². The number of nitrogens with one attached hydrogen (secondary N) is 1.